The van der Waals surface area contributed by atoms with Crippen molar-refractivity contribution in [3.63, 3.8) is 0 Å². The summed E-state index contributed by atoms with van der Waals surface area (Å²) in [4.78, 5) is 0. The molecule has 0 aromatic heterocycles. The first-order valence-corrected chi connectivity index (χ1v) is 9.96. The van der Waals surface area contributed by atoms with Gasteiger partial charge in [-0.15, -0.1) is 6.58 Å². The molecular formula is C22H29NOS. The third-order valence-electron chi connectivity index (χ3n) is 4.33. The summed E-state index contributed by atoms with van der Waals surface area (Å²) in [7, 11) is -1.17. The lowest BCUT2D eigenvalue weighted by Crippen LogP contribution is -2.37. The third-order valence-corrected chi connectivity index (χ3v) is 5.92. The highest BCUT2D eigenvalue weighted by Gasteiger charge is 2.28. The van der Waals surface area contributed by atoms with Crippen molar-refractivity contribution in [2.75, 3.05) is 0 Å². The van der Waals surface area contributed by atoms with Crippen molar-refractivity contribution < 1.29 is 4.21 Å². The molecule has 0 radical (unpaired) electrons. The Balaban J connectivity index is 2.40. The van der Waals surface area contributed by atoms with Gasteiger partial charge in [-0.2, -0.15) is 0 Å². The van der Waals surface area contributed by atoms with Crippen molar-refractivity contribution in [3.05, 3.63) is 83.9 Å². The second-order valence-corrected chi connectivity index (χ2v) is 9.24. The van der Waals surface area contributed by atoms with Gasteiger partial charge in [0.2, 0.25) is 0 Å². The summed E-state index contributed by atoms with van der Waals surface area (Å²) in [6.07, 6.45) is 2.97. The van der Waals surface area contributed by atoms with Crippen molar-refractivity contribution in [2.45, 2.75) is 50.8 Å². The minimum absolute atomic E-state index is 0.0413. The largest absolute Gasteiger partial charge is 0.242 e. The lowest BCUT2D eigenvalue weighted by molar-refractivity contribution is 0.566. The molecule has 0 saturated heterocycles. The average molecular weight is 356 g/mol. The summed E-state index contributed by atoms with van der Waals surface area (Å²) in [5.41, 5.74) is 3.61. The van der Waals surface area contributed by atoms with Gasteiger partial charge in [0.15, 0.2) is 0 Å². The van der Waals surface area contributed by atoms with Gasteiger partial charge in [-0.1, -0.05) is 67.6 Å². The van der Waals surface area contributed by atoms with E-state index in [1.165, 1.54) is 11.1 Å². The van der Waals surface area contributed by atoms with E-state index in [9.17, 15) is 4.21 Å². The first-order valence-electron chi connectivity index (χ1n) is 8.81. The van der Waals surface area contributed by atoms with Crippen LogP contribution >= 0.6 is 0 Å². The van der Waals surface area contributed by atoms with E-state index in [0.29, 0.717) is 0 Å². The monoisotopic (exact) mass is 355 g/mol. The molecule has 3 atom stereocenters. The number of hydrogen-bond donors (Lipinski definition) is 1. The maximum absolute atomic E-state index is 12.8. The highest BCUT2D eigenvalue weighted by molar-refractivity contribution is 7.84. The summed E-state index contributed by atoms with van der Waals surface area (Å²) in [6, 6.07) is 18.7. The molecule has 0 amide bonds. The van der Waals surface area contributed by atoms with Gasteiger partial charge in [0.25, 0.3) is 0 Å². The molecule has 1 N–H and O–H groups in total. The van der Waals surface area contributed by atoms with Gasteiger partial charge in [0.05, 0.1) is 21.8 Å². The fraction of sp³-hybridized carbons (Fsp3) is 0.364. The first kappa shape index (κ1) is 19.6. The summed E-state index contributed by atoms with van der Waals surface area (Å²) in [5.74, 6) is 0.0413. The Labute approximate surface area is 155 Å². The molecule has 0 aliphatic carbocycles. The maximum Gasteiger partial charge on any atom is 0.0976 e. The number of benzene rings is 2. The van der Waals surface area contributed by atoms with E-state index in [0.717, 1.165) is 12.0 Å². The molecule has 2 aromatic rings. The highest BCUT2D eigenvalue weighted by atomic mass is 32.2. The zero-order chi connectivity index (χ0) is 18.4. The molecule has 0 spiro atoms. The minimum atomic E-state index is -1.17. The molecular weight excluding hydrogens is 326 g/mol. The molecule has 0 aliphatic heterocycles. The van der Waals surface area contributed by atoms with Crippen LogP contribution in [-0.2, 0) is 17.4 Å². The lowest BCUT2D eigenvalue weighted by atomic mass is 9.87. The third kappa shape index (κ3) is 5.13. The molecule has 3 heteroatoms. The fourth-order valence-corrected chi connectivity index (χ4v) is 3.61. The lowest BCUT2D eigenvalue weighted by Gasteiger charge is -2.29. The average Bonchev–Trinajstić information content (AvgIpc) is 2.61. The van der Waals surface area contributed by atoms with Gasteiger partial charge in [-0.3, -0.25) is 0 Å². The van der Waals surface area contributed by atoms with E-state index in [1.54, 1.807) is 0 Å². The number of rotatable bonds is 7. The van der Waals surface area contributed by atoms with Crippen LogP contribution in [0.4, 0.5) is 0 Å². The summed E-state index contributed by atoms with van der Waals surface area (Å²) in [6.45, 7) is 12.2. The van der Waals surface area contributed by atoms with Gasteiger partial charge >= 0.3 is 0 Å². The van der Waals surface area contributed by atoms with Gasteiger partial charge in [0.1, 0.15) is 0 Å². The Bertz CT molecular complexity index is 701. The van der Waals surface area contributed by atoms with Crippen LogP contribution in [0.1, 0.15) is 56.3 Å². The van der Waals surface area contributed by atoms with E-state index in [-0.39, 0.29) is 16.7 Å². The van der Waals surface area contributed by atoms with Crippen LogP contribution < -0.4 is 4.72 Å². The minimum Gasteiger partial charge on any atom is -0.242 e. The zero-order valence-corrected chi connectivity index (χ0v) is 16.5. The Morgan fingerprint density at radius 1 is 1.04 bits per heavy atom. The van der Waals surface area contributed by atoms with Gasteiger partial charge in [-0.05, 0) is 43.9 Å². The number of hydrogen-bond acceptors (Lipinski definition) is 1. The molecule has 2 rings (SSSR count). The van der Waals surface area contributed by atoms with E-state index < -0.39 is 11.0 Å². The second kappa shape index (κ2) is 8.59. The van der Waals surface area contributed by atoms with Gasteiger partial charge in [-0.25, -0.2) is 8.93 Å². The van der Waals surface area contributed by atoms with Crippen LogP contribution in [0.25, 0.3) is 0 Å². The number of nitrogens with one attached hydrogen (secondary N) is 1. The molecule has 0 bridgehead atoms. The Morgan fingerprint density at radius 2 is 1.64 bits per heavy atom. The van der Waals surface area contributed by atoms with E-state index in [2.05, 4.69) is 54.6 Å². The molecule has 2 aromatic carbocycles. The van der Waals surface area contributed by atoms with Crippen LogP contribution in [-0.4, -0.2) is 8.96 Å². The second-order valence-electron chi connectivity index (χ2n) is 7.24. The molecule has 25 heavy (non-hydrogen) atoms. The summed E-state index contributed by atoms with van der Waals surface area (Å²) < 4.78 is 15.8. The smallest absolute Gasteiger partial charge is 0.0976 e. The van der Waals surface area contributed by atoms with Crippen molar-refractivity contribution >= 4 is 11.0 Å². The molecule has 0 unspecified atom stereocenters. The fourth-order valence-electron chi connectivity index (χ4n) is 2.74. The van der Waals surface area contributed by atoms with Crippen LogP contribution in [0, 0.1) is 0 Å². The van der Waals surface area contributed by atoms with E-state index in [4.69, 9.17) is 0 Å². The molecule has 0 aliphatic rings. The molecule has 2 nitrogen and oxygen atoms in total. The predicted octanol–water partition coefficient (Wildman–Crippen LogP) is 5.31. The Kier molecular flexibility index (Phi) is 6.74. The van der Waals surface area contributed by atoms with Gasteiger partial charge < -0.3 is 0 Å². The highest BCUT2D eigenvalue weighted by Crippen LogP contribution is 2.33. The summed E-state index contributed by atoms with van der Waals surface area (Å²) >= 11 is 0. The summed E-state index contributed by atoms with van der Waals surface area (Å²) in [5, 5.41) is 0. The molecule has 0 saturated carbocycles. The standard InChI is InChI=1S/C22H29NOS/c1-6-17-13-15-18(16-14-17)20(7-2)21(19-11-9-8-10-12-19)23-25(24)22(3,4)5/h7-16,20-21,23H,2,6H2,1,3-5H3/t20-,21+,25+/m1/s1. The molecule has 0 fully saturated rings. The molecule has 0 heterocycles. The van der Waals surface area contributed by atoms with Gasteiger partial charge in [0, 0.05) is 5.92 Å². The normalized spacial score (nSPS) is 15.4. The van der Waals surface area contributed by atoms with E-state index in [1.807, 2.05) is 45.0 Å². The Morgan fingerprint density at radius 3 is 2.12 bits per heavy atom. The van der Waals surface area contributed by atoms with Crippen molar-refractivity contribution in [3.8, 4) is 0 Å². The number of aryl methyl sites for hydroxylation is 1. The maximum atomic E-state index is 12.8. The van der Waals surface area contributed by atoms with Crippen molar-refractivity contribution in [2.24, 2.45) is 0 Å². The topological polar surface area (TPSA) is 29.1 Å². The van der Waals surface area contributed by atoms with Crippen LogP contribution in [0.5, 0.6) is 0 Å². The van der Waals surface area contributed by atoms with Crippen LogP contribution in [0.2, 0.25) is 0 Å². The van der Waals surface area contributed by atoms with Crippen molar-refractivity contribution in [1.29, 1.82) is 0 Å². The quantitative estimate of drug-likeness (QED) is 0.670. The van der Waals surface area contributed by atoms with Crippen LogP contribution in [0.3, 0.4) is 0 Å². The molecule has 134 valence electrons. The Hall–Kier alpha value is -1.71. The zero-order valence-electron chi connectivity index (χ0n) is 15.7. The first-order chi connectivity index (χ1) is 11.9. The van der Waals surface area contributed by atoms with E-state index >= 15 is 0 Å². The SMILES string of the molecule is C=C[C@H](c1ccc(CC)cc1)[C@@H](N[S@@](=O)C(C)(C)C)c1ccccc1. The van der Waals surface area contributed by atoms with Crippen molar-refractivity contribution in [1.82, 2.24) is 4.72 Å². The predicted molar refractivity (Wildman–Crippen MR) is 109 cm³/mol. The van der Waals surface area contributed by atoms with Crippen LogP contribution in [0.15, 0.2) is 67.3 Å².